The van der Waals surface area contributed by atoms with E-state index in [1.54, 1.807) is 13.1 Å². The fourth-order valence-electron chi connectivity index (χ4n) is 6.47. The molecular formula is C12H33F3O3SSi5. The van der Waals surface area contributed by atoms with Gasteiger partial charge in [-0.25, -0.2) is 0 Å². The summed E-state index contributed by atoms with van der Waals surface area (Å²) in [5.74, 6) is 0. The van der Waals surface area contributed by atoms with E-state index in [9.17, 15) is 21.6 Å². The molecule has 0 aliphatic heterocycles. The summed E-state index contributed by atoms with van der Waals surface area (Å²) in [5.41, 5.74) is -5.35. The van der Waals surface area contributed by atoms with Gasteiger partial charge in [-0.2, -0.15) is 21.6 Å². The Hall–Kier alpha value is 0.784. The summed E-state index contributed by atoms with van der Waals surface area (Å²) in [5, 5.41) is 0. The number of alkyl halides is 3. The molecule has 0 rings (SSSR count). The van der Waals surface area contributed by atoms with Crippen LogP contribution < -0.4 is 0 Å². The second kappa shape index (κ2) is 6.44. The Bertz CT molecular complexity index is 533. The first kappa shape index (κ1) is 24.8. The molecule has 0 aromatic heterocycles. The van der Waals surface area contributed by atoms with Gasteiger partial charge in [0.05, 0.1) is 6.14 Å². The molecule has 0 aliphatic carbocycles. The van der Waals surface area contributed by atoms with E-state index in [0.29, 0.717) is 0 Å². The molecule has 3 nitrogen and oxygen atoms in total. The van der Waals surface area contributed by atoms with Gasteiger partial charge < -0.3 is 3.87 Å². The van der Waals surface area contributed by atoms with Crippen molar-refractivity contribution in [3.8, 4) is 0 Å². The van der Waals surface area contributed by atoms with Gasteiger partial charge in [-0.3, -0.25) is 0 Å². The summed E-state index contributed by atoms with van der Waals surface area (Å²) in [4.78, 5) is 0. The quantitative estimate of drug-likeness (QED) is 0.426. The largest absolute Gasteiger partial charge is 0.522 e. The second-order valence-corrected chi connectivity index (χ2v) is 65.2. The van der Waals surface area contributed by atoms with Gasteiger partial charge in [-0.15, -0.1) is 0 Å². The first-order valence-electron chi connectivity index (χ1n) is 7.98. The van der Waals surface area contributed by atoms with Crippen LogP contribution in [0, 0.1) is 0 Å². The zero-order valence-electron chi connectivity index (χ0n) is 16.8. The van der Waals surface area contributed by atoms with Crippen molar-refractivity contribution >= 4 is 46.9 Å². The summed E-state index contributed by atoms with van der Waals surface area (Å²) >= 11 is 0. The zero-order valence-corrected chi connectivity index (χ0v) is 22.6. The highest BCUT2D eigenvalue weighted by Gasteiger charge is 2.72. The average Bonchev–Trinajstić information content (AvgIpc) is 2.03. The van der Waals surface area contributed by atoms with Crippen molar-refractivity contribution in [3.63, 3.8) is 0 Å². The Balaban J connectivity index is 6.80. The minimum absolute atomic E-state index is 1.75. The SMILES string of the molecule is C[Si](C)(C)[Si]([Si](C)(C)C)([Si](C)(C)C)[Si](C)(C)OS(=O)(=O)C(F)(F)F. The Labute approximate surface area is 149 Å². The van der Waals surface area contributed by atoms with Gasteiger partial charge in [0.2, 0.25) is 0 Å². The Morgan fingerprint density at radius 1 is 0.667 bits per heavy atom. The molecule has 24 heavy (non-hydrogen) atoms. The maximum Gasteiger partial charge on any atom is 0.522 e. The average molecular weight is 455 g/mol. The third-order valence-corrected chi connectivity index (χ3v) is 120. The lowest BCUT2D eigenvalue weighted by Gasteiger charge is -2.62. The first-order valence-corrected chi connectivity index (χ1v) is 28.8. The molecule has 0 bridgehead atoms. The van der Waals surface area contributed by atoms with Gasteiger partial charge in [-0.05, 0) is 13.1 Å². The molecule has 0 radical (unpaired) electrons. The molecule has 0 aromatic carbocycles. The molecule has 0 atom stereocenters. The van der Waals surface area contributed by atoms with E-state index in [-0.39, 0.29) is 0 Å². The highest BCUT2D eigenvalue weighted by atomic mass is 32.2. The van der Waals surface area contributed by atoms with Crippen LogP contribution in [0.15, 0.2) is 0 Å². The molecular weight excluding hydrogens is 422 g/mol. The fourth-order valence-corrected chi connectivity index (χ4v) is 173. The van der Waals surface area contributed by atoms with Crippen molar-refractivity contribution < 1.29 is 25.5 Å². The lowest BCUT2D eigenvalue weighted by molar-refractivity contribution is -0.0502. The van der Waals surface area contributed by atoms with Crippen LogP contribution in [-0.4, -0.2) is 50.7 Å². The van der Waals surface area contributed by atoms with Gasteiger partial charge in [0.15, 0.2) is 7.83 Å². The lowest BCUT2D eigenvalue weighted by Crippen LogP contribution is -2.93. The maximum absolute atomic E-state index is 13.0. The highest BCUT2D eigenvalue weighted by Crippen LogP contribution is 2.45. The van der Waals surface area contributed by atoms with Crippen molar-refractivity contribution in [1.82, 2.24) is 0 Å². The molecule has 0 aromatic rings. The van der Waals surface area contributed by atoms with E-state index in [2.05, 4.69) is 58.9 Å². The minimum Gasteiger partial charge on any atom is -0.313 e. The molecule has 0 saturated heterocycles. The van der Waals surface area contributed by atoms with Gasteiger partial charge in [0, 0.05) is 22.8 Å². The molecule has 0 unspecified atom stereocenters. The van der Waals surface area contributed by atoms with Crippen molar-refractivity contribution in [2.24, 2.45) is 0 Å². The Kier molecular flexibility index (Phi) is 6.65. The standard InChI is InChI=1S/C12H33F3O3SSi5/c1-20(2,3)24(21(4,5)6,22(7,8)9)23(10,11)18-19(16,17)12(13,14)15/h1-11H3. The van der Waals surface area contributed by atoms with Crippen LogP contribution in [-0.2, 0) is 14.0 Å². The van der Waals surface area contributed by atoms with Gasteiger partial charge in [0.1, 0.15) is 0 Å². The van der Waals surface area contributed by atoms with E-state index < -0.39 is 52.4 Å². The summed E-state index contributed by atoms with van der Waals surface area (Å²) in [7, 11) is -14.5. The second-order valence-electron chi connectivity index (χ2n) is 9.99. The number of halogens is 3. The Morgan fingerprint density at radius 2 is 0.917 bits per heavy atom. The predicted molar refractivity (Wildman–Crippen MR) is 109 cm³/mol. The molecule has 12 heteroatoms. The van der Waals surface area contributed by atoms with E-state index in [1.807, 2.05) is 0 Å². The molecule has 0 spiro atoms. The summed E-state index contributed by atoms with van der Waals surface area (Å²) in [6.07, 6.45) is -2.36. The summed E-state index contributed by atoms with van der Waals surface area (Å²) in [6, 6.07) is 0. The van der Waals surface area contributed by atoms with E-state index in [4.69, 9.17) is 3.87 Å². The summed E-state index contributed by atoms with van der Waals surface area (Å²) < 4.78 is 67.9. The smallest absolute Gasteiger partial charge is 0.313 e. The topological polar surface area (TPSA) is 43.4 Å². The fraction of sp³-hybridized carbons (Fsp3) is 1.00. The van der Waals surface area contributed by atoms with Crippen molar-refractivity contribution in [1.29, 1.82) is 0 Å². The summed E-state index contributed by atoms with van der Waals surface area (Å²) in [6.45, 7) is 23.4. The molecule has 0 saturated carbocycles. The van der Waals surface area contributed by atoms with E-state index >= 15 is 0 Å². The molecule has 0 N–H and O–H groups in total. The minimum atomic E-state index is -5.56. The Morgan fingerprint density at radius 3 is 1.08 bits per heavy atom. The third kappa shape index (κ3) is 4.03. The van der Waals surface area contributed by atoms with Gasteiger partial charge >= 0.3 is 15.6 Å². The van der Waals surface area contributed by atoms with Crippen LogP contribution in [0.1, 0.15) is 0 Å². The normalized spacial score (nSPS) is 16.4. The van der Waals surface area contributed by atoms with E-state index in [0.717, 1.165) is 0 Å². The van der Waals surface area contributed by atoms with E-state index in [1.165, 1.54) is 0 Å². The van der Waals surface area contributed by atoms with Gasteiger partial charge in [-0.1, -0.05) is 58.9 Å². The third-order valence-electron chi connectivity index (χ3n) is 4.88. The molecule has 146 valence electrons. The van der Waals surface area contributed by atoms with Crippen molar-refractivity contribution in [3.05, 3.63) is 0 Å². The van der Waals surface area contributed by atoms with Gasteiger partial charge in [0.25, 0.3) is 0 Å². The van der Waals surface area contributed by atoms with Crippen molar-refractivity contribution in [2.75, 3.05) is 0 Å². The predicted octanol–water partition coefficient (Wildman–Crippen LogP) is 4.83. The van der Waals surface area contributed by atoms with Crippen molar-refractivity contribution in [2.45, 2.75) is 77.5 Å². The van der Waals surface area contributed by atoms with Crippen LogP contribution in [0.5, 0.6) is 0 Å². The van der Waals surface area contributed by atoms with Crippen LogP contribution in [0.4, 0.5) is 13.2 Å². The maximum atomic E-state index is 13.0. The monoisotopic (exact) mass is 454 g/mol. The molecule has 0 aliphatic rings. The molecule has 0 amide bonds. The number of hydrogen-bond acceptors (Lipinski definition) is 3. The van der Waals surface area contributed by atoms with Crippen LogP contribution in [0.2, 0.25) is 72.0 Å². The molecule has 0 heterocycles. The first-order chi connectivity index (χ1) is 9.96. The van der Waals surface area contributed by atoms with Crippen LogP contribution in [0.25, 0.3) is 0 Å². The number of rotatable bonds is 6. The molecule has 0 fully saturated rings. The van der Waals surface area contributed by atoms with Crippen LogP contribution >= 0.6 is 0 Å². The van der Waals surface area contributed by atoms with Crippen LogP contribution in [0.3, 0.4) is 0 Å². The highest BCUT2D eigenvalue weighted by molar-refractivity contribution is 8.07. The number of hydrogen-bond donors (Lipinski definition) is 0. The zero-order chi connectivity index (χ0) is 20.2. The lowest BCUT2D eigenvalue weighted by atomic mass is 11.6.